The predicted molar refractivity (Wildman–Crippen MR) is 85.9 cm³/mol. The lowest BCUT2D eigenvalue weighted by Gasteiger charge is -2.34. The Morgan fingerprint density at radius 1 is 1.33 bits per heavy atom. The molecule has 1 aromatic rings. The second kappa shape index (κ2) is 6.23. The van der Waals surface area contributed by atoms with Gasteiger partial charge in [0.2, 0.25) is 10.0 Å². The van der Waals surface area contributed by atoms with Gasteiger partial charge in [-0.1, -0.05) is 20.8 Å². The molecule has 0 saturated heterocycles. The number of nitrogens with two attached hydrogens (primary N) is 1. The van der Waals surface area contributed by atoms with E-state index >= 15 is 0 Å². The second-order valence-electron chi connectivity index (χ2n) is 6.20. The first-order valence-corrected chi connectivity index (χ1v) is 8.46. The highest BCUT2D eigenvalue weighted by Crippen LogP contribution is 2.32. The van der Waals surface area contributed by atoms with Crippen molar-refractivity contribution < 1.29 is 13.2 Å². The average molecular weight is 314 g/mol. The van der Waals surface area contributed by atoms with Crippen LogP contribution in [0.3, 0.4) is 0 Å². The van der Waals surface area contributed by atoms with Gasteiger partial charge in [-0.2, -0.15) is 4.31 Å². The minimum atomic E-state index is -3.67. The van der Waals surface area contributed by atoms with Gasteiger partial charge in [0.25, 0.3) is 0 Å². The lowest BCUT2D eigenvalue weighted by molar-refractivity contribution is 0.216. The summed E-state index contributed by atoms with van der Waals surface area (Å²) in [6, 6.07) is 4.52. The van der Waals surface area contributed by atoms with Crippen molar-refractivity contribution in [3.63, 3.8) is 0 Å². The van der Waals surface area contributed by atoms with Crippen molar-refractivity contribution in [2.75, 3.05) is 19.4 Å². The Kier molecular flexibility index (Phi) is 5.28. The van der Waals surface area contributed by atoms with Crippen molar-refractivity contribution in [2.24, 2.45) is 5.41 Å². The Hall–Kier alpha value is -1.27. The van der Waals surface area contributed by atoms with Gasteiger partial charge in [-0.25, -0.2) is 8.42 Å². The van der Waals surface area contributed by atoms with E-state index in [1.165, 1.54) is 10.4 Å². The molecule has 0 spiro atoms. The molecule has 0 aliphatic carbocycles. The summed E-state index contributed by atoms with van der Waals surface area (Å²) in [6.07, 6.45) is 0. The quantitative estimate of drug-likeness (QED) is 0.848. The number of benzene rings is 1. The number of sulfonamides is 1. The first-order valence-electron chi connectivity index (χ1n) is 7.02. The Bertz CT molecular complexity index is 591. The molecule has 0 saturated carbocycles. The van der Waals surface area contributed by atoms with Gasteiger partial charge in [0.1, 0.15) is 10.6 Å². The number of rotatable bonds is 5. The summed E-state index contributed by atoms with van der Waals surface area (Å²) in [7, 11) is -2.08. The molecule has 0 amide bonds. The van der Waals surface area contributed by atoms with Crippen LogP contribution in [-0.4, -0.2) is 32.4 Å². The Morgan fingerprint density at radius 3 is 2.38 bits per heavy atom. The summed E-state index contributed by atoms with van der Waals surface area (Å²) in [4.78, 5) is 0.114. The maximum absolute atomic E-state index is 12.9. The molecule has 0 radical (unpaired) electrons. The summed E-state index contributed by atoms with van der Waals surface area (Å²) in [5, 5.41) is 0. The van der Waals surface area contributed by atoms with Crippen molar-refractivity contribution in [3.05, 3.63) is 18.2 Å². The predicted octanol–water partition coefficient (Wildman–Crippen LogP) is 2.72. The van der Waals surface area contributed by atoms with Crippen LogP contribution in [0, 0.1) is 5.41 Å². The van der Waals surface area contributed by atoms with E-state index in [9.17, 15) is 8.42 Å². The SMILES string of the molecule is CCOc1ccc(N)cc1S(=O)(=O)N(C)C(C)C(C)(C)C. The van der Waals surface area contributed by atoms with Gasteiger partial charge in [0.15, 0.2) is 0 Å². The van der Waals surface area contributed by atoms with Gasteiger partial charge in [0.05, 0.1) is 6.61 Å². The number of hydrogen-bond acceptors (Lipinski definition) is 4. The van der Waals surface area contributed by atoms with Crippen LogP contribution in [0.15, 0.2) is 23.1 Å². The largest absolute Gasteiger partial charge is 0.492 e. The topological polar surface area (TPSA) is 72.6 Å². The average Bonchev–Trinajstić information content (AvgIpc) is 2.38. The molecular weight excluding hydrogens is 288 g/mol. The molecule has 2 N–H and O–H groups in total. The summed E-state index contributed by atoms with van der Waals surface area (Å²) >= 11 is 0. The molecule has 120 valence electrons. The standard InChI is InChI=1S/C15H26N2O3S/c1-7-20-13-9-8-12(16)10-14(13)21(18,19)17(6)11(2)15(3,4)5/h8-11H,7,16H2,1-6H3. The fraction of sp³-hybridized carbons (Fsp3) is 0.600. The van der Waals surface area contributed by atoms with Crippen LogP contribution < -0.4 is 10.5 Å². The Morgan fingerprint density at radius 2 is 1.90 bits per heavy atom. The fourth-order valence-corrected chi connectivity index (χ4v) is 3.62. The highest BCUT2D eigenvalue weighted by molar-refractivity contribution is 7.89. The lowest BCUT2D eigenvalue weighted by atomic mass is 9.88. The molecular formula is C15H26N2O3S. The van der Waals surface area contributed by atoms with Crippen LogP contribution in [0.2, 0.25) is 0 Å². The molecule has 21 heavy (non-hydrogen) atoms. The summed E-state index contributed by atoms with van der Waals surface area (Å²) < 4.78 is 32.5. The van der Waals surface area contributed by atoms with Crippen LogP contribution in [-0.2, 0) is 10.0 Å². The Labute approximate surface area is 128 Å². The zero-order valence-corrected chi connectivity index (χ0v) is 14.5. The molecule has 0 bridgehead atoms. The normalized spacial score (nSPS) is 14.2. The van der Waals surface area contributed by atoms with E-state index < -0.39 is 10.0 Å². The third kappa shape index (κ3) is 3.89. The summed E-state index contributed by atoms with van der Waals surface area (Å²) in [5.41, 5.74) is 5.97. The second-order valence-corrected chi connectivity index (χ2v) is 8.17. The van der Waals surface area contributed by atoms with Crippen molar-refractivity contribution in [1.29, 1.82) is 0 Å². The zero-order chi connectivity index (χ0) is 16.4. The van der Waals surface area contributed by atoms with Crippen molar-refractivity contribution >= 4 is 15.7 Å². The van der Waals surface area contributed by atoms with Crippen LogP contribution in [0.5, 0.6) is 5.75 Å². The number of anilines is 1. The van der Waals surface area contributed by atoms with Crippen LogP contribution in [0.4, 0.5) is 5.69 Å². The minimum Gasteiger partial charge on any atom is -0.492 e. The molecule has 6 heteroatoms. The number of nitrogens with zero attached hydrogens (tertiary/aromatic N) is 1. The Balaban J connectivity index is 3.33. The zero-order valence-electron chi connectivity index (χ0n) is 13.7. The smallest absolute Gasteiger partial charge is 0.246 e. The molecule has 1 unspecified atom stereocenters. The van der Waals surface area contributed by atoms with Gasteiger partial charge < -0.3 is 10.5 Å². The highest BCUT2D eigenvalue weighted by atomic mass is 32.2. The van der Waals surface area contributed by atoms with E-state index in [4.69, 9.17) is 10.5 Å². The van der Waals surface area contributed by atoms with Gasteiger partial charge >= 0.3 is 0 Å². The molecule has 0 aromatic heterocycles. The van der Waals surface area contributed by atoms with Crippen LogP contribution in [0.1, 0.15) is 34.6 Å². The fourth-order valence-electron chi connectivity index (χ4n) is 1.91. The molecule has 5 nitrogen and oxygen atoms in total. The van der Waals surface area contributed by atoms with E-state index in [-0.39, 0.29) is 16.4 Å². The molecule has 0 aliphatic heterocycles. The van der Waals surface area contributed by atoms with Gasteiger partial charge in [-0.05, 0) is 37.5 Å². The van der Waals surface area contributed by atoms with E-state index in [2.05, 4.69) is 0 Å². The van der Waals surface area contributed by atoms with Gasteiger partial charge in [-0.15, -0.1) is 0 Å². The van der Waals surface area contributed by atoms with E-state index in [0.29, 0.717) is 18.0 Å². The number of hydrogen-bond donors (Lipinski definition) is 1. The van der Waals surface area contributed by atoms with Crippen molar-refractivity contribution in [1.82, 2.24) is 4.31 Å². The van der Waals surface area contributed by atoms with Crippen LogP contribution in [0.25, 0.3) is 0 Å². The van der Waals surface area contributed by atoms with Gasteiger partial charge in [-0.3, -0.25) is 0 Å². The third-order valence-corrected chi connectivity index (χ3v) is 5.67. The molecule has 1 aromatic carbocycles. The highest BCUT2D eigenvalue weighted by Gasteiger charge is 2.34. The summed E-state index contributed by atoms with van der Waals surface area (Å²) in [6.45, 7) is 10.1. The lowest BCUT2D eigenvalue weighted by Crippen LogP contribution is -2.43. The van der Waals surface area contributed by atoms with Crippen molar-refractivity contribution in [2.45, 2.75) is 45.6 Å². The first-order chi connectivity index (χ1) is 9.51. The molecule has 0 heterocycles. The minimum absolute atomic E-state index is 0.114. The van der Waals surface area contributed by atoms with E-state index in [1.807, 2.05) is 34.6 Å². The molecule has 1 atom stereocenters. The molecule has 0 aliphatic rings. The summed E-state index contributed by atoms with van der Waals surface area (Å²) in [5.74, 6) is 0.333. The van der Waals surface area contributed by atoms with Crippen LogP contribution >= 0.6 is 0 Å². The van der Waals surface area contributed by atoms with Crippen molar-refractivity contribution in [3.8, 4) is 5.75 Å². The monoisotopic (exact) mass is 314 g/mol. The number of ether oxygens (including phenoxy) is 1. The third-order valence-electron chi connectivity index (χ3n) is 3.72. The molecule has 0 fully saturated rings. The van der Waals surface area contributed by atoms with E-state index in [0.717, 1.165) is 0 Å². The van der Waals surface area contributed by atoms with Gasteiger partial charge in [0, 0.05) is 18.8 Å². The maximum Gasteiger partial charge on any atom is 0.246 e. The van der Waals surface area contributed by atoms with E-state index in [1.54, 1.807) is 19.2 Å². The molecule has 1 rings (SSSR count). The number of nitrogen functional groups attached to an aromatic ring is 1. The first kappa shape index (κ1) is 17.8. The maximum atomic E-state index is 12.9.